The highest BCUT2D eigenvalue weighted by atomic mass is 16.5. The van der Waals surface area contributed by atoms with Gasteiger partial charge in [0.1, 0.15) is 5.52 Å². The molecule has 2 aromatic carbocycles. The lowest BCUT2D eigenvalue weighted by atomic mass is 10.0. The van der Waals surface area contributed by atoms with Crippen molar-refractivity contribution in [2.45, 2.75) is 0 Å². The number of aromatic nitrogens is 1. The van der Waals surface area contributed by atoms with E-state index in [1.807, 2.05) is 61.5 Å². The predicted octanol–water partition coefficient (Wildman–Crippen LogP) is 3.75. The Labute approximate surface area is 128 Å². The zero-order chi connectivity index (χ0) is 15.5. The summed E-state index contributed by atoms with van der Waals surface area (Å²) >= 11 is 0. The van der Waals surface area contributed by atoms with Crippen LogP contribution in [0.2, 0.25) is 0 Å². The smallest absolute Gasteiger partial charge is 0.187 e. The Balaban J connectivity index is 2.04. The molecule has 0 saturated heterocycles. The van der Waals surface area contributed by atoms with E-state index in [1.165, 1.54) is 0 Å². The summed E-state index contributed by atoms with van der Waals surface area (Å²) in [5.74, 6) is 0.637. The second-order valence-electron chi connectivity index (χ2n) is 5.25. The van der Waals surface area contributed by atoms with Gasteiger partial charge in [0.25, 0.3) is 0 Å². The molecule has 3 rings (SSSR count). The average Bonchev–Trinajstić information content (AvgIpc) is 2.96. The number of rotatable bonds is 4. The maximum absolute atomic E-state index is 12.2. The van der Waals surface area contributed by atoms with Crippen LogP contribution in [0.25, 0.3) is 22.2 Å². The number of fused-ring (bicyclic) bond motifs is 1. The van der Waals surface area contributed by atoms with Crippen molar-refractivity contribution in [1.29, 1.82) is 0 Å². The van der Waals surface area contributed by atoms with Crippen LogP contribution in [0.1, 0.15) is 10.4 Å². The lowest BCUT2D eigenvalue weighted by molar-refractivity contribution is 0.104. The monoisotopic (exact) mass is 292 g/mol. The van der Waals surface area contributed by atoms with E-state index in [9.17, 15) is 4.79 Å². The number of carbonyl (C=O) groups excluding carboxylic acids is 1. The molecule has 0 aliphatic rings. The minimum absolute atomic E-state index is 0.0455. The van der Waals surface area contributed by atoms with Gasteiger partial charge < -0.3 is 9.42 Å². The predicted molar refractivity (Wildman–Crippen MR) is 86.6 cm³/mol. The lowest BCUT2D eigenvalue weighted by Gasteiger charge is -2.03. The van der Waals surface area contributed by atoms with Crippen LogP contribution in [0.15, 0.2) is 65.3 Å². The molecule has 0 aliphatic heterocycles. The van der Waals surface area contributed by atoms with Crippen molar-refractivity contribution in [1.82, 2.24) is 10.1 Å². The van der Waals surface area contributed by atoms with E-state index in [2.05, 4.69) is 5.16 Å². The van der Waals surface area contributed by atoms with Gasteiger partial charge in [-0.2, -0.15) is 0 Å². The Hall–Kier alpha value is -2.88. The van der Waals surface area contributed by atoms with Gasteiger partial charge in [-0.1, -0.05) is 35.5 Å². The second-order valence-corrected chi connectivity index (χ2v) is 5.25. The molecule has 3 aromatic rings. The van der Waals surface area contributed by atoms with E-state index in [1.54, 1.807) is 18.3 Å². The van der Waals surface area contributed by atoms with E-state index in [-0.39, 0.29) is 5.78 Å². The molecule has 0 bridgehead atoms. The van der Waals surface area contributed by atoms with Crippen LogP contribution in [0.4, 0.5) is 0 Å². The fourth-order valence-corrected chi connectivity index (χ4v) is 2.21. The second kappa shape index (κ2) is 5.85. The molecule has 0 fully saturated rings. The summed E-state index contributed by atoms with van der Waals surface area (Å²) in [5, 5.41) is 4.90. The van der Waals surface area contributed by atoms with Gasteiger partial charge in [-0.05, 0) is 18.2 Å². The molecule has 0 saturated carbocycles. The average molecular weight is 292 g/mol. The molecular weight excluding hydrogens is 276 g/mol. The lowest BCUT2D eigenvalue weighted by Crippen LogP contribution is -2.03. The van der Waals surface area contributed by atoms with Crippen molar-refractivity contribution in [3.05, 3.63) is 66.4 Å². The summed E-state index contributed by atoms with van der Waals surface area (Å²) < 4.78 is 5.45. The van der Waals surface area contributed by atoms with E-state index >= 15 is 0 Å². The number of carbonyl (C=O) groups is 1. The van der Waals surface area contributed by atoms with Crippen LogP contribution in [0, 0.1) is 0 Å². The number of ketones is 1. The third-order valence-corrected chi connectivity index (χ3v) is 3.32. The number of hydrogen-bond donors (Lipinski definition) is 0. The van der Waals surface area contributed by atoms with Crippen LogP contribution in [-0.4, -0.2) is 29.9 Å². The summed E-state index contributed by atoms with van der Waals surface area (Å²) in [6.07, 6.45) is 3.29. The Morgan fingerprint density at radius 2 is 1.91 bits per heavy atom. The molecule has 110 valence electrons. The fraction of sp³-hybridized carbons (Fsp3) is 0.111. The Kier molecular flexibility index (Phi) is 3.74. The zero-order valence-corrected chi connectivity index (χ0v) is 12.5. The van der Waals surface area contributed by atoms with Crippen molar-refractivity contribution in [2.24, 2.45) is 0 Å². The Morgan fingerprint density at radius 3 is 2.64 bits per heavy atom. The van der Waals surface area contributed by atoms with Gasteiger partial charge in [-0.25, -0.2) is 0 Å². The molecule has 22 heavy (non-hydrogen) atoms. The van der Waals surface area contributed by atoms with E-state index in [0.717, 1.165) is 16.5 Å². The molecule has 0 atom stereocenters. The molecule has 0 unspecified atom stereocenters. The maximum Gasteiger partial charge on any atom is 0.187 e. The molecule has 1 heterocycles. The standard InChI is InChI=1S/C18H16N2O2/c1-20(2)11-10-17(21)14-8-9-16-15(12-14)18(22-19-16)13-6-4-3-5-7-13/h3-12H,1-2H3. The van der Waals surface area contributed by atoms with Gasteiger partial charge in [0.15, 0.2) is 11.5 Å². The van der Waals surface area contributed by atoms with Crippen LogP contribution in [0.3, 0.4) is 0 Å². The molecule has 1 aromatic heterocycles. The molecule has 0 spiro atoms. The summed E-state index contributed by atoms with van der Waals surface area (Å²) in [7, 11) is 3.75. The van der Waals surface area contributed by atoms with Crippen molar-refractivity contribution >= 4 is 16.7 Å². The van der Waals surface area contributed by atoms with Crippen molar-refractivity contribution in [3.63, 3.8) is 0 Å². The summed E-state index contributed by atoms with van der Waals surface area (Å²) in [4.78, 5) is 14.0. The molecular formula is C18H16N2O2. The summed E-state index contributed by atoms with van der Waals surface area (Å²) in [6.45, 7) is 0. The topological polar surface area (TPSA) is 46.3 Å². The first kappa shape index (κ1) is 14.1. The van der Waals surface area contributed by atoms with Crippen molar-refractivity contribution in [2.75, 3.05) is 14.1 Å². The van der Waals surface area contributed by atoms with Crippen molar-refractivity contribution < 1.29 is 9.32 Å². The summed E-state index contributed by atoms with van der Waals surface area (Å²) in [6, 6.07) is 15.2. The third kappa shape index (κ3) is 2.76. The Bertz CT molecular complexity index is 833. The van der Waals surface area contributed by atoms with E-state index in [4.69, 9.17) is 4.52 Å². The summed E-state index contributed by atoms with van der Waals surface area (Å²) in [5.41, 5.74) is 2.30. The normalized spacial score (nSPS) is 11.2. The highest BCUT2D eigenvalue weighted by molar-refractivity contribution is 6.07. The zero-order valence-electron chi connectivity index (χ0n) is 12.5. The fourth-order valence-electron chi connectivity index (χ4n) is 2.21. The van der Waals surface area contributed by atoms with Crippen LogP contribution < -0.4 is 0 Å². The minimum Gasteiger partial charge on any atom is -0.383 e. The Morgan fingerprint density at radius 1 is 1.14 bits per heavy atom. The largest absolute Gasteiger partial charge is 0.383 e. The van der Waals surface area contributed by atoms with E-state index < -0.39 is 0 Å². The SMILES string of the molecule is CN(C)C=CC(=O)c1ccc2noc(-c3ccccc3)c2c1. The molecule has 0 radical (unpaired) electrons. The molecule has 0 amide bonds. The molecule has 0 aliphatic carbocycles. The van der Waals surface area contributed by atoms with Crippen LogP contribution in [0.5, 0.6) is 0 Å². The van der Waals surface area contributed by atoms with Crippen molar-refractivity contribution in [3.8, 4) is 11.3 Å². The van der Waals surface area contributed by atoms with Crippen LogP contribution in [-0.2, 0) is 0 Å². The maximum atomic E-state index is 12.2. The van der Waals surface area contributed by atoms with Gasteiger partial charge in [0.05, 0.1) is 5.39 Å². The number of allylic oxidation sites excluding steroid dienone is 1. The third-order valence-electron chi connectivity index (χ3n) is 3.32. The van der Waals surface area contributed by atoms with E-state index in [0.29, 0.717) is 11.3 Å². The molecule has 4 heteroatoms. The molecule has 4 nitrogen and oxygen atoms in total. The van der Waals surface area contributed by atoms with Gasteiger partial charge in [0, 0.05) is 37.5 Å². The quantitative estimate of drug-likeness (QED) is 0.542. The van der Waals surface area contributed by atoms with Gasteiger partial charge in [-0.3, -0.25) is 4.79 Å². The highest BCUT2D eigenvalue weighted by Crippen LogP contribution is 2.29. The first-order valence-electron chi connectivity index (χ1n) is 6.99. The first-order chi connectivity index (χ1) is 10.6. The molecule has 0 N–H and O–H groups in total. The van der Waals surface area contributed by atoms with Crippen LogP contribution >= 0.6 is 0 Å². The number of hydrogen-bond acceptors (Lipinski definition) is 4. The van der Waals surface area contributed by atoms with Gasteiger partial charge in [0.2, 0.25) is 0 Å². The van der Waals surface area contributed by atoms with Gasteiger partial charge >= 0.3 is 0 Å². The van der Waals surface area contributed by atoms with Gasteiger partial charge in [-0.15, -0.1) is 0 Å². The number of benzene rings is 2. The highest BCUT2D eigenvalue weighted by Gasteiger charge is 2.12. The first-order valence-corrected chi connectivity index (χ1v) is 6.99. The minimum atomic E-state index is -0.0455. The number of nitrogens with zero attached hydrogens (tertiary/aromatic N) is 2.